The van der Waals surface area contributed by atoms with Gasteiger partial charge in [0.1, 0.15) is 0 Å². The van der Waals surface area contributed by atoms with Crippen molar-refractivity contribution in [3.05, 3.63) is 17.8 Å². The number of nitrogens with zero attached hydrogens (tertiary/aromatic N) is 2. The molecule has 1 aromatic rings. The molecule has 1 fully saturated rings. The zero-order chi connectivity index (χ0) is 14.5. The summed E-state index contributed by atoms with van der Waals surface area (Å²) in [6.07, 6.45) is 3.82. The molecule has 2 rings (SSSR count). The standard InChI is InChI=1S/C14H21N3O3/c1-3-20-14(18)11-6-7-16-13(12(11)15)17-8-4-5-10(9-17)19-2/h6-7,10H,3-5,8-9,15H2,1-2H3. The Kier molecular flexibility index (Phi) is 4.79. The number of pyridine rings is 1. The second kappa shape index (κ2) is 6.56. The Morgan fingerprint density at radius 3 is 3.10 bits per heavy atom. The van der Waals surface area contributed by atoms with Crippen LogP contribution in [-0.2, 0) is 9.47 Å². The van der Waals surface area contributed by atoms with Gasteiger partial charge in [-0.1, -0.05) is 0 Å². The summed E-state index contributed by atoms with van der Waals surface area (Å²) in [4.78, 5) is 18.2. The third-order valence-electron chi connectivity index (χ3n) is 3.48. The number of anilines is 2. The summed E-state index contributed by atoms with van der Waals surface area (Å²) < 4.78 is 10.4. The van der Waals surface area contributed by atoms with Crippen LogP contribution in [0.25, 0.3) is 0 Å². The van der Waals surface area contributed by atoms with Gasteiger partial charge >= 0.3 is 5.97 Å². The molecule has 110 valence electrons. The number of hydrogen-bond acceptors (Lipinski definition) is 6. The number of piperidine rings is 1. The molecule has 1 aliphatic heterocycles. The van der Waals surface area contributed by atoms with Crippen LogP contribution in [0.5, 0.6) is 0 Å². The molecule has 1 atom stereocenters. The van der Waals surface area contributed by atoms with Crippen LogP contribution >= 0.6 is 0 Å². The van der Waals surface area contributed by atoms with Crippen LogP contribution in [0.4, 0.5) is 11.5 Å². The SMILES string of the molecule is CCOC(=O)c1ccnc(N2CCCC(OC)C2)c1N. The van der Waals surface area contributed by atoms with Crippen LogP contribution in [0.2, 0.25) is 0 Å². The van der Waals surface area contributed by atoms with E-state index in [-0.39, 0.29) is 6.10 Å². The predicted molar refractivity (Wildman–Crippen MR) is 76.8 cm³/mol. The average molecular weight is 279 g/mol. The number of nitrogen functional groups attached to an aromatic ring is 1. The number of carbonyl (C=O) groups excluding carboxylic acids is 1. The lowest BCUT2D eigenvalue weighted by Gasteiger charge is -2.33. The van der Waals surface area contributed by atoms with E-state index in [1.165, 1.54) is 0 Å². The van der Waals surface area contributed by atoms with E-state index >= 15 is 0 Å². The van der Waals surface area contributed by atoms with Crippen LogP contribution in [-0.4, -0.2) is 43.9 Å². The molecule has 2 heterocycles. The van der Waals surface area contributed by atoms with Crippen molar-refractivity contribution in [2.24, 2.45) is 0 Å². The molecule has 0 bridgehead atoms. The first-order valence-electron chi connectivity index (χ1n) is 6.86. The number of carbonyl (C=O) groups is 1. The van der Waals surface area contributed by atoms with Gasteiger partial charge in [-0.15, -0.1) is 0 Å². The topological polar surface area (TPSA) is 77.7 Å². The van der Waals surface area contributed by atoms with Crippen molar-refractivity contribution >= 4 is 17.5 Å². The summed E-state index contributed by atoms with van der Waals surface area (Å²) in [5.41, 5.74) is 6.84. The fourth-order valence-corrected chi connectivity index (χ4v) is 2.42. The van der Waals surface area contributed by atoms with Gasteiger partial charge in [-0.3, -0.25) is 0 Å². The number of esters is 1. The van der Waals surface area contributed by atoms with E-state index < -0.39 is 5.97 Å². The van der Waals surface area contributed by atoms with Crippen molar-refractivity contribution in [3.8, 4) is 0 Å². The third kappa shape index (κ3) is 3.01. The number of hydrogen-bond donors (Lipinski definition) is 1. The maximum atomic E-state index is 11.8. The van der Waals surface area contributed by atoms with E-state index in [4.69, 9.17) is 15.2 Å². The van der Waals surface area contributed by atoms with Crippen LogP contribution in [0.1, 0.15) is 30.1 Å². The van der Waals surface area contributed by atoms with E-state index in [1.54, 1.807) is 26.3 Å². The van der Waals surface area contributed by atoms with Gasteiger partial charge in [-0.25, -0.2) is 9.78 Å². The van der Waals surface area contributed by atoms with Crippen LogP contribution < -0.4 is 10.6 Å². The molecule has 0 spiro atoms. The number of aromatic nitrogens is 1. The molecule has 6 nitrogen and oxygen atoms in total. The fraction of sp³-hybridized carbons (Fsp3) is 0.571. The molecular weight excluding hydrogens is 258 g/mol. The lowest BCUT2D eigenvalue weighted by atomic mass is 10.1. The lowest BCUT2D eigenvalue weighted by molar-refractivity contribution is 0.0527. The quantitative estimate of drug-likeness (QED) is 0.841. The maximum absolute atomic E-state index is 11.8. The van der Waals surface area contributed by atoms with Crippen molar-refractivity contribution in [1.82, 2.24) is 4.98 Å². The average Bonchev–Trinajstić information content (AvgIpc) is 2.47. The van der Waals surface area contributed by atoms with Gasteiger partial charge in [0, 0.05) is 26.4 Å². The first kappa shape index (κ1) is 14.6. The highest BCUT2D eigenvalue weighted by Gasteiger charge is 2.24. The van der Waals surface area contributed by atoms with Crippen LogP contribution in [0.15, 0.2) is 12.3 Å². The lowest BCUT2D eigenvalue weighted by Crippen LogP contribution is -2.40. The highest BCUT2D eigenvalue weighted by Crippen LogP contribution is 2.27. The summed E-state index contributed by atoms with van der Waals surface area (Å²) in [5, 5.41) is 0. The molecule has 1 aromatic heterocycles. The molecule has 0 amide bonds. The molecular formula is C14H21N3O3. The normalized spacial score (nSPS) is 18.9. The minimum absolute atomic E-state index is 0.177. The predicted octanol–water partition coefficient (Wildman–Crippen LogP) is 1.46. The van der Waals surface area contributed by atoms with Gasteiger partial charge in [0.2, 0.25) is 0 Å². The van der Waals surface area contributed by atoms with Crippen LogP contribution in [0.3, 0.4) is 0 Å². The maximum Gasteiger partial charge on any atom is 0.340 e. The first-order valence-corrected chi connectivity index (χ1v) is 6.86. The van der Waals surface area contributed by atoms with E-state index in [0.29, 0.717) is 23.7 Å². The highest BCUT2D eigenvalue weighted by atomic mass is 16.5. The van der Waals surface area contributed by atoms with Gasteiger partial charge in [0.25, 0.3) is 0 Å². The molecule has 6 heteroatoms. The molecule has 1 unspecified atom stereocenters. The van der Waals surface area contributed by atoms with Gasteiger partial charge in [0.05, 0.1) is 24.0 Å². The molecule has 1 aliphatic rings. The largest absolute Gasteiger partial charge is 0.462 e. The Labute approximate surface area is 118 Å². The van der Waals surface area contributed by atoms with E-state index in [9.17, 15) is 4.79 Å². The molecule has 0 saturated carbocycles. The summed E-state index contributed by atoms with van der Waals surface area (Å²) in [6, 6.07) is 1.59. The molecule has 0 aromatic carbocycles. The first-order chi connectivity index (χ1) is 9.67. The van der Waals surface area contributed by atoms with Gasteiger partial charge in [-0.05, 0) is 25.8 Å². The Morgan fingerprint density at radius 1 is 1.60 bits per heavy atom. The van der Waals surface area contributed by atoms with Gasteiger partial charge in [0.15, 0.2) is 5.82 Å². The Hall–Kier alpha value is -1.82. The van der Waals surface area contributed by atoms with Gasteiger partial charge in [-0.2, -0.15) is 0 Å². The zero-order valence-corrected chi connectivity index (χ0v) is 12.0. The summed E-state index contributed by atoms with van der Waals surface area (Å²) in [5.74, 6) is 0.228. The fourth-order valence-electron chi connectivity index (χ4n) is 2.42. The Bertz CT molecular complexity index is 479. The minimum Gasteiger partial charge on any atom is -0.462 e. The molecule has 20 heavy (non-hydrogen) atoms. The zero-order valence-electron chi connectivity index (χ0n) is 12.0. The van der Waals surface area contributed by atoms with Crippen molar-refractivity contribution in [3.63, 3.8) is 0 Å². The van der Waals surface area contributed by atoms with Gasteiger partial charge < -0.3 is 20.1 Å². The molecule has 1 saturated heterocycles. The summed E-state index contributed by atoms with van der Waals surface area (Å²) in [7, 11) is 1.71. The Balaban J connectivity index is 2.24. The third-order valence-corrected chi connectivity index (χ3v) is 3.48. The van der Waals surface area contributed by atoms with Crippen molar-refractivity contribution in [2.45, 2.75) is 25.9 Å². The minimum atomic E-state index is -0.408. The van der Waals surface area contributed by atoms with E-state index in [1.807, 2.05) is 0 Å². The number of methoxy groups -OCH3 is 1. The number of ether oxygens (including phenoxy) is 2. The van der Waals surface area contributed by atoms with Crippen LogP contribution in [0, 0.1) is 0 Å². The van der Waals surface area contributed by atoms with E-state index in [2.05, 4.69) is 9.88 Å². The highest BCUT2D eigenvalue weighted by molar-refractivity contribution is 5.97. The molecule has 0 radical (unpaired) electrons. The van der Waals surface area contributed by atoms with Crippen molar-refractivity contribution in [2.75, 3.05) is 37.4 Å². The molecule has 2 N–H and O–H groups in total. The van der Waals surface area contributed by atoms with E-state index in [0.717, 1.165) is 25.9 Å². The number of rotatable bonds is 4. The van der Waals surface area contributed by atoms with Crippen molar-refractivity contribution < 1.29 is 14.3 Å². The summed E-state index contributed by atoms with van der Waals surface area (Å²) in [6.45, 7) is 3.69. The van der Waals surface area contributed by atoms with Crippen molar-refractivity contribution in [1.29, 1.82) is 0 Å². The monoisotopic (exact) mass is 279 g/mol. The second-order valence-electron chi connectivity index (χ2n) is 4.76. The number of nitrogens with two attached hydrogens (primary N) is 1. The summed E-state index contributed by atoms with van der Waals surface area (Å²) >= 11 is 0. The molecule has 0 aliphatic carbocycles. The Morgan fingerprint density at radius 2 is 2.40 bits per heavy atom. The smallest absolute Gasteiger partial charge is 0.340 e. The second-order valence-corrected chi connectivity index (χ2v) is 4.76.